The predicted molar refractivity (Wildman–Crippen MR) is 65.9 cm³/mol. The monoisotopic (exact) mass is 209 g/mol. The van der Waals surface area contributed by atoms with Gasteiger partial charge in [-0.25, -0.2) is 0 Å². The van der Waals surface area contributed by atoms with Crippen LogP contribution in [0.25, 0.3) is 0 Å². The summed E-state index contributed by atoms with van der Waals surface area (Å²) in [5.41, 5.74) is 0. The Balaban J connectivity index is 1.82. The minimum atomic E-state index is 0.830. The van der Waals surface area contributed by atoms with Crippen LogP contribution in [0.3, 0.4) is 0 Å². The Hall–Kier alpha value is -0.0400. The average Bonchev–Trinajstić information content (AvgIpc) is 2.16. The molecule has 0 amide bonds. The van der Waals surface area contributed by atoms with Gasteiger partial charge in [0.15, 0.2) is 0 Å². The summed E-state index contributed by atoms with van der Waals surface area (Å²) in [6.45, 7) is 7.17. The van der Waals surface area contributed by atoms with Crippen molar-refractivity contribution < 1.29 is 0 Å². The van der Waals surface area contributed by atoms with Gasteiger partial charge in [-0.1, -0.05) is 33.6 Å². The quantitative estimate of drug-likeness (QED) is 0.749. The summed E-state index contributed by atoms with van der Waals surface area (Å²) in [6.07, 6.45) is 8.62. The van der Waals surface area contributed by atoms with Gasteiger partial charge in [0, 0.05) is 12.1 Å². The summed E-state index contributed by atoms with van der Waals surface area (Å²) in [5.74, 6) is 2.78. The molecule has 2 aliphatic carbocycles. The second kappa shape index (κ2) is 4.86. The van der Waals surface area contributed by atoms with E-state index in [-0.39, 0.29) is 0 Å². The molecule has 2 unspecified atom stereocenters. The minimum Gasteiger partial charge on any atom is -0.311 e. The number of hydrogen-bond acceptors (Lipinski definition) is 1. The lowest BCUT2D eigenvalue weighted by Gasteiger charge is -2.42. The number of nitrogens with one attached hydrogen (secondary N) is 1. The molecule has 0 heterocycles. The van der Waals surface area contributed by atoms with Crippen LogP contribution in [0, 0.1) is 17.8 Å². The largest absolute Gasteiger partial charge is 0.311 e. The summed E-state index contributed by atoms with van der Waals surface area (Å²) >= 11 is 0. The van der Waals surface area contributed by atoms with Crippen LogP contribution in [-0.2, 0) is 0 Å². The van der Waals surface area contributed by atoms with Crippen LogP contribution in [0.4, 0.5) is 0 Å². The molecule has 88 valence electrons. The van der Waals surface area contributed by atoms with Gasteiger partial charge in [-0.3, -0.25) is 0 Å². The number of rotatable bonds is 3. The lowest BCUT2D eigenvalue weighted by atomic mass is 9.75. The van der Waals surface area contributed by atoms with E-state index >= 15 is 0 Å². The van der Waals surface area contributed by atoms with Crippen molar-refractivity contribution in [2.24, 2.45) is 17.8 Å². The number of hydrogen-bond donors (Lipinski definition) is 1. The van der Waals surface area contributed by atoms with Crippen molar-refractivity contribution in [2.45, 2.75) is 71.4 Å². The second-order valence-electron chi connectivity index (χ2n) is 6.24. The van der Waals surface area contributed by atoms with E-state index in [1.165, 1.54) is 38.5 Å². The zero-order chi connectivity index (χ0) is 10.8. The van der Waals surface area contributed by atoms with Gasteiger partial charge in [-0.2, -0.15) is 0 Å². The van der Waals surface area contributed by atoms with Gasteiger partial charge in [-0.15, -0.1) is 0 Å². The average molecular weight is 209 g/mol. The van der Waals surface area contributed by atoms with E-state index in [2.05, 4.69) is 26.1 Å². The van der Waals surface area contributed by atoms with Crippen molar-refractivity contribution in [1.29, 1.82) is 0 Å². The molecule has 1 heteroatoms. The molecular formula is C14H27N. The van der Waals surface area contributed by atoms with Crippen molar-refractivity contribution in [3.05, 3.63) is 0 Å². The highest BCUT2D eigenvalue weighted by molar-refractivity contribution is 4.90. The summed E-state index contributed by atoms with van der Waals surface area (Å²) in [5, 5.41) is 3.92. The molecule has 0 radical (unpaired) electrons. The van der Waals surface area contributed by atoms with E-state index in [1.54, 1.807) is 0 Å². The third-order valence-electron chi connectivity index (χ3n) is 4.50. The van der Waals surface area contributed by atoms with Crippen molar-refractivity contribution >= 4 is 0 Å². The van der Waals surface area contributed by atoms with Gasteiger partial charge in [0.1, 0.15) is 0 Å². The molecule has 2 aliphatic rings. The lowest BCUT2D eigenvalue weighted by Crippen LogP contribution is -2.50. The van der Waals surface area contributed by atoms with Crippen LogP contribution in [-0.4, -0.2) is 12.1 Å². The summed E-state index contributed by atoms with van der Waals surface area (Å²) in [4.78, 5) is 0. The first-order valence-electron chi connectivity index (χ1n) is 6.93. The van der Waals surface area contributed by atoms with E-state index < -0.39 is 0 Å². The van der Waals surface area contributed by atoms with Crippen molar-refractivity contribution in [3.8, 4) is 0 Å². The fourth-order valence-corrected chi connectivity index (χ4v) is 3.51. The highest BCUT2D eigenvalue weighted by Gasteiger charge is 2.32. The Kier molecular flexibility index (Phi) is 3.71. The van der Waals surface area contributed by atoms with Crippen LogP contribution >= 0.6 is 0 Å². The Morgan fingerprint density at radius 1 is 1.07 bits per heavy atom. The normalized spacial score (nSPS) is 41.6. The van der Waals surface area contributed by atoms with Crippen LogP contribution in [0.2, 0.25) is 0 Å². The summed E-state index contributed by atoms with van der Waals surface area (Å²) in [7, 11) is 0. The Morgan fingerprint density at radius 2 is 1.73 bits per heavy atom. The molecule has 0 saturated heterocycles. The van der Waals surface area contributed by atoms with E-state index in [1.807, 2.05) is 0 Å². The van der Waals surface area contributed by atoms with Gasteiger partial charge in [0.2, 0.25) is 0 Å². The van der Waals surface area contributed by atoms with Crippen molar-refractivity contribution in [3.63, 3.8) is 0 Å². The lowest BCUT2D eigenvalue weighted by molar-refractivity contribution is 0.146. The molecule has 0 aliphatic heterocycles. The third kappa shape index (κ3) is 2.75. The van der Waals surface area contributed by atoms with Crippen LogP contribution in [0.5, 0.6) is 0 Å². The molecule has 0 aromatic heterocycles. The van der Waals surface area contributed by atoms with E-state index in [0.29, 0.717) is 0 Å². The Morgan fingerprint density at radius 3 is 2.33 bits per heavy atom. The maximum Gasteiger partial charge on any atom is 0.0100 e. The van der Waals surface area contributed by atoms with Gasteiger partial charge >= 0.3 is 0 Å². The molecule has 2 fully saturated rings. The Labute approximate surface area is 95.0 Å². The minimum absolute atomic E-state index is 0.830. The fraction of sp³-hybridized carbons (Fsp3) is 1.00. The fourth-order valence-electron chi connectivity index (χ4n) is 3.51. The molecule has 0 bridgehead atoms. The zero-order valence-electron chi connectivity index (χ0n) is 10.6. The molecule has 1 N–H and O–H groups in total. The van der Waals surface area contributed by atoms with E-state index in [4.69, 9.17) is 0 Å². The molecule has 1 nitrogen and oxygen atoms in total. The van der Waals surface area contributed by atoms with Crippen molar-refractivity contribution in [2.75, 3.05) is 0 Å². The van der Waals surface area contributed by atoms with Gasteiger partial charge in [-0.05, 0) is 43.4 Å². The Bertz CT molecular complexity index is 194. The SMILES string of the molecule is CC1CC(NC2CCCCC2C(C)C)C1. The van der Waals surface area contributed by atoms with Gasteiger partial charge in [0.05, 0.1) is 0 Å². The second-order valence-corrected chi connectivity index (χ2v) is 6.24. The van der Waals surface area contributed by atoms with E-state index in [9.17, 15) is 0 Å². The molecule has 0 aromatic rings. The third-order valence-corrected chi connectivity index (χ3v) is 4.50. The molecule has 0 aromatic carbocycles. The van der Waals surface area contributed by atoms with Crippen LogP contribution < -0.4 is 5.32 Å². The van der Waals surface area contributed by atoms with E-state index in [0.717, 1.165) is 29.8 Å². The highest BCUT2D eigenvalue weighted by atomic mass is 15.0. The maximum atomic E-state index is 3.92. The van der Waals surface area contributed by atoms with Crippen molar-refractivity contribution in [1.82, 2.24) is 5.32 Å². The molecule has 0 spiro atoms. The predicted octanol–water partition coefficient (Wildman–Crippen LogP) is 3.59. The smallest absolute Gasteiger partial charge is 0.0100 e. The van der Waals surface area contributed by atoms with Gasteiger partial charge < -0.3 is 5.32 Å². The first-order valence-corrected chi connectivity index (χ1v) is 6.93. The molecule has 2 saturated carbocycles. The molecule has 15 heavy (non-hydrogen) atoms. The van der Waals surface area contributed by atoms with Crippen LogP contribution in [0.1, 0.15) is 59.3 Å². The summed E-state index contributed by atoms with van der Waals surface area (Å²) < 4.78 is 0. The van der Waals surface area contributed by atoms with Crippen LogP contribution in [0.15, 0.2) is 0 Å². The molecule has 2 atom stereocenters. The standard InChI is InChI=1S/C14H27N/c1-10(2)13-6-4-5-7-14(13)15-12-8-11(3)9-12/h10-15H,4-9H2,1-3H3. The van der Waals surface area contributed by atoms with Gasteiger partial charge in [0.25, 0.3) is 0 Å². The first-order chi connectivity index (χ1) is 7.16. The first kappa shape index (κ1) is 11.4. The summed E-state index contributed by atoms with van der Waals surface area (Å²) in [6, 6.07) is 1.68. The molecular weight excluding hydrogens is 182 g/mol. The highest BCUT2D eigenvalue weighted by Crippen LogP contribution is 2.33. The molecule has 2 rings (SSSR count). The zero-order valence-corrected chi connectivity index (χ0v) is 10.6. The topological polar surface area (TPSA) is 12.0 Å². The maximum absolute atomic E-state index is 3.92.